The SMILES string of the molecule is Fc1ccc(N2CCN(Cc3nnnn3C[C@H]3CCCO3)CC2)cc1. The minimum Gasteiger partial charge on any atom is -0.376 e. The maximum absolute atomic E-state index is 13.1. The van der Waals surface area contributed by atoms with Gasteiger partial charge in [0.25, 0.3) is 0 Å². The van der Waals surface area contributed by atoms with E-state index in [0.717, 1.165) is 70.2 Å². The lowest BCUT2D eigenvalue weighted by atomic mass is 10.2. The molecule has 0 saturated carbocycles. The number of ether oxygens (including phenoxy) is 1. The molecule has 0 spiro atoms. The lowest BCUT2D eigenvalue weighted by molar-refractivity contribution is 0.0916. The van der Waals surface area contributed by atoms with Crippen molar-refractivity contribution in [3.63, 3.8) is 0 Å². The van der Waals surface area contributed by atoms with Gasteiger partial charge in [-0.1, -0.05) is 0 Å². The van der Waals surface area contributed by atoms with Gasteiger partial charge in [0, 0.05) is 38.5 Å². The average Bonchev–Trinajstić information content (AvgIpc) is 3.30. The van der Waals surface area contributed by atoms with Crippen molar-refractivity contribution < 1.29 is 9.13 Å². The molecule has 0 amide bonds. The molecule has 0 unspecified atom stereocenters. The van der Waals surface area contributed by atoms with Crippen molar-refractivity contribution in [3.8, 4) is 0 Å². The lowest BCUT2D eigenvalue weighted by Gasteiger charge is -2.35. The molecular formula is C17H23FN6O. The van der Waals surface area contributed by atoms with E-state index in [1.165, 1.54) is 12.1 Å². The first kappa shape index (κ1) is 16.4. The Kier molecular flexibility index (Phi) is 4.89. The number of benzene rings is 1. The van der Waals surface area contributed by atoms with E-state index in [9.17, 15) is 4.39 Å². The van der Waals surface area contributed by atoms with Crippen molar-refractivity contribution >= 4 is 5.69 Å². The van der Waals surface area contributed by atoms with Gasteiger partial charge in [0.1, 0.15) is 5.82 Å². The van der Waals surface area contributed by atoms with Crippen molar-refractivity contribution in [2.24, 2.45) is 0 Å². The molecule has 4 rings (SSSR count). The Labute approximate surface area is 146 Å². The summed E-state index contributed by atoms with van der Waals surface area (Å²) in [5, 5.41) is 12.1. The minimum absolute atomic E-state index is 0.194. The lowest BCUT2D eigenvalue weighted by Crippen LogP contribution is -2.46. The van der Waals surface area contributed by atoms with E-state index in [1.54, 1.807) is 0 Å². The third kappa shape index (κ3) is 3.96. The smallest absolute Gasteiger partial charge is 0.165 e. The molecule has 7 nitrogen and oxygen atoms in total. The second-order valence-corrected chi connectivity index (χ2v) is 6.65. The summed E-state index contributed by atoms with van der Waals surface area (Å²) in [6, 6.07) is 6.71. The highest BCUT2D eigenvalue weighted by molar-refractivity contribution is 5.46. The van der Waals surface area contributed by atoms with Crippen molar-refractivity contribution in [1.29, 1.82) is 0 Å². The van der Waals surface area contributed by atoms with E-state index < -0.39 is 0 Å². The van der Waals surface area contributed by atoms with E-state index in [2.05, 4.69) is 25.3 Å². The maximum Gasteiger partial charge on any atom is 0.165 e. The fourth-order valence-electron chi connectivity index (χ4n) is 3.48. The number of nitrogens with zero attached hydrogens (tertiary/aromatic N) is 6. The van der Waals surface area contributed by atoms with E-state index in [0.29, 0.717) is 0 Å². The fourth-order valence-corrected chi connectivity index (χ4v) is 3.48. The van der Waals surface area contributed by atoms with Crippen LogP contribution in [0.15, 0.2) is 24.3 Å². The molecule has 25 heavy (non-hydrogen) atoms. The van der Waals surface area contributed by atoms with E-state index in [-0.39, 0.29) is 11.9 Å². The zero-order valence-electron chi connectivity index (χ0n) is 14.2. The zero-order valence-corrected chi connectivity index (χ0v) is 14.2. The highest BCUT2D eigenvalue weighted by Crippen LogP contribution is 2.18. The van der Waals surface area contributed by atoms with Crippen LogP contribution in [0.3, 0.4) is 0 Å². The van der Waals surface area contributed by atoms with Gasteiger partial charge in [-0.15, -0.1) is 5.10 Å². The predicted molar refractivity (Wildman–Crippen MR) is 90.7 cm³/mol. The summed E-state index contributed by atoms with van der Waals surface area (Å²) in [6.07, 6.45) is 2.43. The van der Waals surface area contributed by atoms with Crippen LogP contribution in [0.5, 0.6) is 0 Å². The number of hydrogen-bond donors (Lipinski definition) is 0. The molecule has 0 radical (unpaired) electrons. The quantitative estimate of drug-likeness (QED) is 0.814. The van der Waals surface area contributed by atoms with Crippen LogP contribution in [0.1, 0.15) is 18.7 Å². The van der Waals surface area contributed by atoms with Crippen LogP contribution in [0.25, 0.3) is 0 Å². The van der Waals surface area contributed by atoms with Crippen LogP contribution in [0.2, 0.25) is 0 Å². The third-order valence-electron chi connectivity index (χ3n) is 4.94. The Morgan fingerprint density at radius 2 is 1.92 bits per heavy atom. The van der Waals surface area contributed by atoms with Crippen LogP contribution in [0, 0.1) is 5.82 Å². The van der Waals surface area contributed by atoms with Crippen LogP contribution >= 0.6 is 0 Å². The largest absolute Gasteiger partial charge is 0.376 e. The average molecular weight is 346 g/mol. The van der Waals surface area contributed by atoms with Gasteiger partial charge in [-0.3, -0.25) is 4.90 Å². The van der Waals surface area contributed by atoms with Gasteiger partial charge in [-0.25, -0.2) is 9.07 Å². The number of aromatic nitrogens is 4. The van der Waals surface area contributed by atoms with Crippen molar-refractivity contribution in [2.75, 3.05) is 37.7 Å². The summed E-state index contributed by atoms with van der Waals surface area (Å²) in [5.74, 6) is 0.700. The molecule has 0 N–H and O–H groups in total. The first-order valence-electron chi connectivity index (χ1n) is 8.87. The highest BCUT2D eigenvalue weighted by atomic mass is 19.1. The first-order valence-corrected chi connectivity index (χ1v) is 8.87. The summed E-state index contributed by atoms with van der Waals surface area (Å²) >= 11 is 0. The maximum atomic E-state index is 13.1. The molecule has 1 aromatic carbocycles. The molecule has 2 aromatic rings. The van der Waals surface area contributed by atoms with Crippen LogP contribution < -0.4 is 4.90 Å². The molecule has 134 valence electrons. The van der Waals surface area contributed by atoms with Gasteiger partial charge in [0.15, 0.2) is 5.82 Å². The summed E-state index contributed by atoms with van der Waals surface area (Å²) < 4.78 is 20.6. The van der Waals surface area contributed by atoms with Gasteiger partial charge in [-0.05, 0) is 47.5 Å². The number of tetrazole rings is 1. The number of anilines is 1. The number of rotatable bonds is 5. The zero-order chi connectivity index (χ0) is 17.1. The molecule has 1 aromatic heterocycles. The molecule has 1 atom stereocenters. The van der Waals surface area contributed by atoms with Crippen LogP contribution in [-0.4, -0.2) is 64.0 Å². The van der Waals surface area contributed by atoms with Gasteiger partial charge in [-0.2, -0.15) is 0 Å². The molecule has 3 heterocycles. The van der Waals surface area contributed by atoms with E-state index in [1.807, 2.05) is 16.8 Å². The Balaban J connectivity index is 1.31. The van der Waals surface area contributed by atoms with Gasteiger partial charge in [0.05, 0.1) is 19.2 Å². The summed E-state index contributed by atoms with van der Waals surface area (Å²) in [5.41, 5.74) is 1.07. The molecule has 2 aliphatic rings. The van der Waals surface area contributed by atoms with E-state index in [4.69, 9.17) is 4.74 Å². The van der Waals surface area contributed by atoms with Crippen LogP contribution in [0.4, 0.5) is 10.1 Å². The van der Waals surface area contributed by atoms with Gasteiger partial charge < -0.3 is 9.64 Å². The Morgan fingerprint density at radius 1 is 1.12 bits per heavy atom. The topological polar surface area (TPSA) is 59.3 Å². The molecule has 8 heteroatoms. The summed E-state index contributed by atoms with van der Waals surface area (Å²) in [6.45, 7) is 6.02. The predicted octanol–water partition coefficient (Wildman–Crippen LogP) is 1.31. The molecule has 0 aliphatic carbocycles. The van der Waals surface area contributed by atoms with Gasteiger partial charge in [0.2, 0.25) is 0 Å². The molecule has 2 aliphatic heterocycles. The second-order valence-electron chi connectivity index (χ2n) is 6.65. The molecular weight excluding hydrogens is 323 g/mol. The summed E-state index contributed by atoms with van der Waals surface area (Å²) in [7, 11) is 0. The molecule has 2 fully saturated rings. The highest BCUT2D eigenvalue weighted by Gasteiger charge is 2.22. The molecule has 0 bridgehead atoms. The molecule has 2 saturated heterocycles. The Bertz CT molecular complexity index is 677. The second kappa shape index (κ2) is 7.45. The van der Waals surface area contributed by atoms with Crippen molar-refractivity contribution in [1.82, 2.24) is 25.1 Å². The Morgan fingerprint density at radius 3 is 2.64 bits per heavy atom. The third-order valence-corrected chi connectivity index (χ3v) is 4.94. The van der Waals surface area contributed by atoms with Crippen molar-refractivity contribution in [3.05, 3.63) is 35.9 Å². The number of halogens is 1. The van der Waals surface area contributed by atoms with Crippen molar-refractivity contribution in [2.45, 2.75) is 32.0 Å². The number of hydrogen-bond acceptors (Lipinski definition) is 6. The van der Waals surface area contributed by atoms with Crippen LogP contribution in [-0.2, 0) is 17.8 Å². The normalized spacial score (nSPS) is 21.8. The minimum atomic E-state index is -0.194. The standard InChI is InChI=1S/C17H23FN6O/c18-14-3-5-15(6-4-14)23-9-7-22(8-10-23)13-17-19-20-21-24(17)12-16-2-1-11-25-16/h3-6,16H,1-2,7-13H2/t16-/m1/s1. The first-order chi connectivity index (χ1) is 12.3. The number of piperazine rings is 1. The summed E-state index contributed by atoms with van der Waals surface area (Å²) in [4.78, 5) is 4.64. The Hall–Kier alpha value is -2.06. The van der Waals surface area contributed by atoms with E-state index >= 15 is 0 Å². The van der Waals surface area contributed by atoms with Gasteiger partial charge >= 0.3 is 0 Å². The fraction of sp³-hybridized carbons (Fsp3) is 0.588. The monoisotopic (exact) mass is 346 g/mol.